The van der Waals surface area contributed by atoms with Crippen LogP contribution in [0.1, 0.15) is 13.3 Å². The highest BCUT2D eigenvalue weighted by Gasteiger charge is 2.24. The number of halogens is 1. The Hall–Kier alpha value is -1.59. The molecule has 1 aromatic carbocycles. The number of nitrogens with zero attached hydrogens (tertiary/aromatic N) is 3. The molecule has 1 aromatic heterocycles. The molecule has 1 saturated heterocycles. The quantitative estimate of drug-likeness (QED) is 0.938. The molecule has 0 amide bonds. The summed E-state index contributed by atoms with van der Waals surface area (Å²) in [5.74, 6) is 1.42. The summed E-state index contributed by atoms with van der Waals surface area (Å²) in [7, 11) is 0. The third kappa shape index (κ3) is 2.78. The molecule has 2 N–H and O–H groups in total. The van der Waals surface area contributed by atoms with Crippen molar-refractivity contribution in [2.75, 3.05) is 24.6 Å². The van der Waals surface area contributed by atoms with Crippen LogP contribution in [0.4, 0.5) is 5.82 Å². The predicted molar refractivity (Wildman–Crippen MR) is 82.8 cm³/mol. The highest BCUT2D eigenvalue weighted by Crippen LogP contribution is 2.29. The maximum Gasteiger partial charge on any atom is 0.258 e. The minimum absolute atomic E-state index is 0. The van der Waals surface area contributed by atoms with Crippen molar-refractivity contribution in [3.63, 3.8) is 0 Å². The summed E-state index contributed by atoms with van der Waals surface area (Å²) in [4.78, 5) is 11.4. The molecule has 6 heteroatoms. The monoisotopic (exact) mass is 294 g/mol. The van der Waals surface area contributed by atoms with Gasteiger partial charge in [0, 0.05) is 19.1 Å². The number of anilines is 1. The maximum atomic E-state index is 5.97. The van der Waals surface area contributed by atoms with Crippen LogP contribution in [0.2, 0.25) is 0 Å². The van der Waals surface area contributed by atoms with Crippen LogP contribution in [-0.4, -0.2) is 35.7 Å². The highest BCUT2D eigenvalue weighted by atomic mass is 35.5. The number of rotatable bonds is 3. The molecule has 0 unspecified atom stereocenters. The molecule has 0 aliphatic carbocycles. The second-order valence-electron chi connectivity index (χ2n) is 4.77. The molecular weight excluding hydrogens is 276 g/mol. The van der Waals surface area contributed by atoms with Gasteiger partial charge in [0.25, 0.3) is 5.88 Å². The molecule has 2 aromatic rings. The van der Waals surface area contributed by atoms with E-state index in [1.807, 2.05) is 31.2 Å². The van der Waals surface area contributed by atoms with Gasteiger partial charge in [-0.3, -0.25) is 0 Å². The summed E-state index contributed by atoms with van der Waals surface area (Å²) in [5.41, 5.74) is 7.72. The van der Waals surface area contributed by atoms with Gasteiger partial charge in [0.2, 0.25) is 0 Å². The van der Waals surface area contributed by atoms with Crippen molar-refractivity contribution in [3.8, 4) is 5.88 Å². The van der Waals surface area contributed by atoms with Crippen LogP contribution in [0, 0.1) is 0 Å². The smallest absolute Gasteiger partial charge is 0.258 e. The summed E-state index contributed by atoms with van der Waals surface area (Å²) in [5, 5.41) is 0. The first-order valence-electron chi connectivity index (χ1n) is 6.68. The Balaban J connectivity index is 0.00000147. The Morgan fingerprint density at radius 1 is 1.30 bits per heavy atom. The molecule has 0 radical (unpaired) electrons. The Labute approximate surface area is 124 Å². The van der Waals surface area contributed by atoms with Crippen LogP contribution in [0.3, 0.4) is 0 Å². The molecule has 0 bridgehead atoms. The number of hydrogen-bond acceptors (Lipinski definition) is 5. The van der Waals surface area contributed by atoms with Crippen LogP contribution in [0.25, 0.3) is 11.0 Å². The van der Waals surface area contributed by atoms with E-state index in [4.69, 9.17) is 15.5 Å². The van der Waals surface area contributed by atoms with E-state index in [1.54, 1.807) is 0 Å². The molecule has 1 aliphatic rings. The van der Waals surface area contributed by atoms with Crippen molar-refractivity contribution < 1.29 is 4.74 Å². The molecule has 0 saturated carbocycles. The summed E-state index contributed by atoms with van der Waals surface area (Å²) >= 11 is 0. The van der Waals surface area contributed by atoms with Crippen molar-refractivity contribution in [3.05, 3.63) is 24.3 Å². The lowest BCUT2D eigenvalue weighted by Crippen LogP contribution is -2.27. The zero-order chi connectivity index (χ0) is 13.2. The average molecular weight is 295 g/mol. The summed E-state index contributed by atoms with van der Waals surface area (Å²) in [6, 6.07) is 8.06. The molecule has 1 aliphatic heterocycles. The van der Waals surface area contributed by atoms with Crippen LogP contribution < -0.4 is 15.4 Å². The van der Waals surface area contributed by atoms with Gasteiger partial charge in [-0.05, 0) is 25.5 Å². The van der Waals surface area contributed by atoms with E-state index in [2.05, 4.69) is 9.88 Å². The molecule has 1 fully saturated rings. The first kappa shape index (κ1) is 14.8. The van der Waals surface area contributed by atoms with Crippen LogP contribution in [0.5, 0.6) is 5.88 Å². The van der Waals surface area contributed by atoms with Crippen molar-refractivity contribution in [2.45, 2.75) is 19.4 Å². The van der Waals surface area contributed by atoms with Gasteiger partial charge >= 0.3 is 0 Å². The van der Waals surface area contributed by atoms with E-state index in [1.165, 1.54) is 0 Å². The number of ether oxygens (including phenoxy) is 1. The van der Waals surface area contributed by atoms with Gasteiger partial charge in [0.1, 0.15) is 0 Å². The Kier molecular flexibility index (Phi) is 4.62. The average Bonchev–Trinajstić information content (AvgIpc) is 2.85. The van der Waals surface area contributed by atoms with Crippen molar-refractivity contribution in [1.82, 2.24) is 9.97 Å². The minimum atomic E-state index is 0. The molecule has 3 rings (SSSR count). The minimum Gasteiger partial charge on any atom is -0.475 e. The SMILES string of the molecule is CCOc1nc2ccccc2nc1N1CC[C@@H](N)C1.Cl. The molecule has 5 nitrogen and oxygen atoms in total. The number of hydrogen-bond donors (Lipinski definition) is 1. The summed E-state index contributed by atoms with van der Waals surface area (Å²) < 4.78 is 5.64. The van der Waals surface area contributed by atoms with E-state index in [0.717, 1.165) is 36.4 Å². The largest absolute Gasteiger partial charge is 0.475 e. The number of aromatic nitrogens is 2. The van der Waals surface area contributed by atoms with Crippen LogP contribution in [-0.2, 0) is 0 Å². The maximum absolute atomic E-state index is 5.97. The fourth-order valence-electron chi connectivity index (χ4n) is 2.39. The van der Waals surface area contributed by atoms with Crippen molar-refractivity contribution in [2.24, 2.45) is 5.73 Å². The lowest BCUT2D eigenvalue weighted by molar-refractivity contribution is 0.327. The molecule has 20 heavy (non-hydrogen) atoms. The third-order valence-electron chi connectivity index (χ3n) is 3.33. The van der Waals surface area contributed by atoms with E-state index in [9.17, 15) is 0 Å². The summed E-state index contributed by atoms with van der Waals surface area (Å²) in [6.45, 7) is 4.26. The number of nitrogens with two attached hydrogens (primary N) is 1. The van der Waals surface area contributed by atoms with Crippen LogP contribution >= 0.6 is 12.4 Å². The van der Waals surface area contributed by atoms with Crippen molar-refractivity contribution >= 4 is 29.3 Å². The zero-order valence-electron chi connectivity index (χ0n) is 11.5. The van der Waals surface area contributed by atoms with Gasteiger partial charge in [-0.15, -0.1) is 12.4 Å². The number of benzene rings is 1. The summed E-state index contributed by atoms with van der Waals surface area (Å²) in [6.07, 6.45) is 0.986. The van der Waals surface area contributed by atoms with E-state index >= 15 is 0 Å². The second kappa shape index (κ2) is 6.24. The molecular formula is C14H19ClN4O. The first-order valence-corrected chi connectivity index (χ1v) is 6.68. The van der Waals surface area contributed by atoms with E-state index in [0.29, 0.717) is 12.5 Å². The predicted octanol–water partition coefficient (Wildman–Crippen LogP) is 1.99. The van der Waals surface area contributed by atoms with Crippen LogP contribution in [0.15, 0.2) is 24.3 Å². The van der Waals surface area contributed by atoms with Crippen molar-refractivity contribution in [1.29, 1.82) is 0 Å². The Morgan fingerprint density at radius 3 is 2.60 bits per heavy atom. The van der Waals surface area contributed by atoms with E-state index < -0.39 is 0 Å². The van der Waals surface area contributed by atoms with Gasteiger partial charge in [-0.1, -0.05) is 12.1 Å². The van der Waals surface area contributed by atoms with Gasteiger partial charge < -0.3 is 15.4 Å². The Bertz CT molecular complexity index is 592. The zero-order valence-corrected chi connectivity index (χ0v) is 12.3. The molecule has 2 heterocycles. The lowest BCUT2D eigenvalue weighted by Gasteiger charge is -2.19. The van der Waals surface area contributed by atoms with Gasteiger partial charge in [-0.2, -0.15) is 0 Å². The fraction of sp³-hybridized carbons (Fsp3) is 0.429. The van der Waals surface area contributed by atoms with Gasteiger partial charge in [0.15, 0.2) is 5.82 Å². The Morgan fingerprint density at radius 2 is 2.00 bits per heavy atom. The topological polar surface area (TPSA) is 64.3 Å². The normalized spacial score (nSPS) is 18.1. The number of para-hydroxylation sites is 2. The molecule has 1 atom stereocenters. The van der Waals surface area contributed by atoms with Gasteiger partial charge in [-0.25, -0.2) is 9.97 Å². The lowest BCUT2D eigenvalue weighted by atomic mass is 10.3. The second-order valence-corrected chi connectivity index (χ2v) is 4.77. The highest BCUT2D eigenvalue weighted by molar-refractivity contribution is 5.85. The number of fused-ring (bicyclic) bond motifs is 1. The standard InChI is InChI=1S/C14H18N4O.ClH/c1-2-19-14-13(18-8-7-10(15)9-18)16-11-5-3-4-6-12(11)17-14;/h3-6,10H,2,7-9,15H2,1H3;1H/t10-;/m1./s1. The molecule has 108 valence electrons. The third-order valence-corrected chi connectivity index (χ3v) is 3.33. The van der Waals surface area contributed by atoms with Gasteiger partial charge in [0.05, 0.1) is 17.6 Å². The first-order chi connectivity index (χ1) is 9.28. The molecule has 0 spiro atoms. The van der Waals surface area contributed by atoms with E-state index in [-0.39, 0.29) is 18.4 Å². The fourth-order valence-corrected chi connectivity index (χ4v) is 2.39.